The van der Waals surface area contributed by atoms with Crippen molar-refractivity contribution in [3.8, 4) is 5.75 Å². The predicted octanol–water partition coefficient (Wildman–Crippen LogP) is 2.33. The third kappa shape index (κ3) is 3.78. The van der Waals surface area contributed by atoms with Crippen molar-refractivity contribution in [2.75, 3.05) is 6.61 Å². The summed E-state index contributed by atoms with van der Waals surface area (Å²) in [6.07, 6.45) is 1.08. The van der Waals surface area contributed by atoms with Crippen LogP contribution in [-0.4, -0.2) is 32.4 Å². The Morgan fingerprint density at radius 1 is 1.43 bits per heavy atom. The quantitative estimate of drug-likeness (QED) is 0.629. The smallest absolute Gasteiger partial charge is 0.363 e. The second-order valence-electron chi connectivity index (χ2n) is 3.99. The molecular weight excluding hydrogens is 346 g/mol. The van der Waals surface area contributed by atoms with Crippen LogP contribution in [0.3, 0.4) is 0 Å². The van der Waals surface area contributed by atoms with Crippen molar-refractivity contribution >= 4 is 27.6 Å². The molecule has 2 aromatic rings. The molecule has 110 valence electrons. The zero-order chi connectivity index (χ0) is 15.4. The van der Waals surface area contributed by atoms with Crippen LogP contribution in [0.25, 0.3) is 0 Å². The maximum absolute atomic E-state index is 10.9. The maximum atomic E-state index is 10.9. The van der Waals surface area contributed by atoms with Crippen LogP contribution < -0.4 is 4.74 Å². The lowest BCUT2D eigenvalue weighted by atomic mass is 10.3. The Bertz CT molecular complexity index is 637. The van der Waals surface area contributed by atoms with Gasteiger partial charge in [-0.3, -0.25) is 14.8 Å². The highest BCUT2D eigenvalue weighted by molar-refractivity contribution is 9.10. The van der Waals surface area contributed by atoms with E-state index in [0.717, 1.165) is 10.7 Å². The summed E-state index contributed by atoms with van der Waals surface area (Å²) in [4.78, 5) is 20.8. The van der Waals surface area contributed by atoms with Crippen molar-refractivity contribution in [3.05, 3.63) is 50.7 Å². The lowest BCUT2D eigenvalue weighted by Gasteiger charge is -2.05. The van der Waals surface area contributed by atoms with Gasteiger partial charge in [-0.2, -0.15) is 5.10 Å². The first-order chi connectivity index (χ1) is 9.97. The maximum Gasteiger partial charge on any atom is 0.363 e. The Kier molecular flexibility index (Phi) is 4.53. The molecule has 9 heteroatoms. The van der Waals surface area contributed by atoms with Crippen molar-refractivity contribution in [1.82, 2.24) is 9.78 Å². The molecule has 0 spiro atoms. The van der Waals surface area contributed by atoms with Crippen LogP contribution in [0, 0.1) is 10.1 Å². The van der Waals surface area contributed by atoms with Crippen LogP contribution in [0.4, 0.5) is 5.69 Å². The molecule has 21 heavy (non-hydrogen) atoms. The molecule has 0 fully saturated rings. The lowest BCUT2D eigenvalue weighted by Crippen LogP contribution is -2.09. The van der Waals surface area contributed by atoms with Gasteiger partial charge in [-0.05, 0) is 24.3 Å². The lowest BCUT2D eigenvalue weighted by molar-refractivity contribution is -0.385. The molecule has 1 aromatic carbocycles. The average molecular weight is 356 g/mol. The molecule has 0 aliphatic heterocycles. The molecule has 0 amide bonds. The summed E-state index contributed by atoms with van der Waals surface area (Å²) in [6, 6.07) is 7.16. The van der Waals surface area contributed by atoms with E-state index in [-0.39, 0.29) is 13.2 Å². The Balaban J connectivity index is 2.00. The minimum Gasteiger partial charge on any atom is -0.492 e. The Labute approximate surface area is 127 Å². The third-order valence-electron chi connectivity index (χ3n) is 2.54. The van der Waals surface area contributed by atoms with Gasteiger partial charge in [0.1, 0.15) is 18.6 Å². The van der Waals surface area contributed by atoms with E-state index >= 15 is 0 Å². The molecular formula is C12H10BrN3O5. The van der Waals surface area contributed by atoms with Crippen molar-refractivity contribution in [1.29, 1.82) is 0 Å². The van der Waals surface area contributed by atoms with E-state index in [4.69, 9.17) is 9.84 Å². The van der Waals surface area contributed by atoms with E-state index in [1.807, 2.05) is 12.1 Å². The van der Waals surface area contributed by atoms with Crippen molar-refractivity contribution in [3.63, 3.8) is 0 Å². The standard InChI is InChI=1S/C12H10BrN3O5/c13-8-1-3-9(4-2-8)21-6-5-15-7-10(16(19)20)11(14-15)12(17)18/h1-4,7H,5-6H2,(H,17,18). The van der Waals surface area contributed by atoms with Gasteiger partial charge >= 0.3 is 11.7 Å². The molecule has 1 N–H and O–H groups in total. The number of hydrogen-bond acceptors (Lipinski definition) is 5. The first kappa shape index (κ1) is 15.0. The van der Waals surface area contributed by atoms with Crippen LogP contribution in [0.1, 0.15) is 10.5 Å². The number of carboxylic acid groups (broad SMARTS) is 1. The van der Waals surface area contributed by atoms with Crippen LogP contribution in [-0.2, 0) is 6.54 Å². The molecule has 0 atom stereocenters. The summed E-state index contributed by atoms with van der Waals surface area (Å²) in [6.45, 7) is 0.406. The molecule has 1 heterocycles. The number of aromatic nitrogens is 2. The molecule has 0 bridgehead atoms. The number of benzene rings is 1. The minimum absolute atomic E-state index is 0.199. The van der Waals surface area contributed by atoms with Gasteiger partial charge in [-0.1, -0.05) is 15.9 Å². The van der Waals surface area contributed by atoms with E-state index in [1.54, 1.807) is 12.1 Å². The number of rotatable bonds is 6. The second-order valence-corrected chi connectivity index (χ2v) is 4.91. The number of carbonyl (C=O) groups is 1. The third-order valence-corrected chi connectivity index (χ3v) is 3.07. The monoisotopic (exact) mass is 355 g/mol. The largest absolute Gasteiger partial charge is 0.492 e. The first-order valence-electron chi connectivity index (χ1n) is 5.81. The molecule has 0 saturated carbocycles. The SMILES string of the molecule is O=C(O)c1nn(CCOc2ccc(Br)cc2)cc1[N+](=O)[O-]. The second kappa shape index (κ2) is 6.35. The van der Waals surface area contributed by atoms with Crippen LogP contribution in [0.2, 0.25) is 0 Å². The van der Waals surface area contributed by atoms with Gasteiger partial charge in [0.05, 0.1) is 11.5 Å². The number of halogens is 1. The van der Waals surface area contributed by atoms with Gasteiger partial charge in [-0.15, -0.1) is 0 Å². The Morgan fingerprint density at radius 3 is 2.62 bits per heavy atom. The molecule has 8 nitrogen and oxygen atoms in total. The fourth-order valence-corrected chi connectivity index (χ4v) is 1.86. The zero-order valence-electron chi connectivity index (χ0n) is 10.6. The number of aromatic carboxylic acids is 1. The molecule has 2 rings (SSSR count). The molecule has 0 aliphatic carbocycles. The number of nitrogens with zero attached hydrogens (tertiary/aromatic N) is 3. The van der Waals surface area contributed by atoms with Crippen LogP contribution >= 0.6 is 15.9 Å². The number of hydrogen-bond donors (Lipinski definition) is 1. The Hall–Kier alpha value is -2.42. The van der Waals surface area contributed by atoms with E-state index in [9.17, 15) is 14.9 Å². The fourth-order valence-electron chi connectivity index (χ4n) is 1.60. The van der Waals surface area contributed by atoms with Crippen molar-refractivity contribution in [2.24, 2.45) is 0 Å². The summed E-state index contributed by atoms with van der Waals surface area (Å²) >= 11 is 3.30. The molecule has 0 aliphatic rings. The van der Waals surface area contributed by atoms with Crippen LogP contribution in [0.5, 0.6) is 5.75 Å². The highest BCUT2D eigenvalue weighted by Gasteiger charge is 2.24. The topological polar surface area (TPSA) is 107 Å². The number of ether oxygens (including phenoxy) is 1. The van der Waals surface area contributed by atoms with Gasteiger partial charge in [-0.25, -0.2) is 4.79 Å². The van der Waals surface area contributed by atoms with Gasteiger partial charge in [0.15, 0.2) is 0 Å². The van der Waals surface area contributed by atoms with E-state index < -0.39 is 22.3 Å². The average Bonchev–Trinajstić information content (AvgIpc) is 2.86. The number of carboxylic acids is 1. The Morgan fingerprint density at radius 2 is 2.10 bits per heavy atom. The zero-order valence-corrected chi connectivity index (χ0v) is 12.2. The minimum atomic E-state index is -1.44. The normalized spacial score (nSPS) is 10.3. The number of nitro groups is 1. The fraction of sp³-hybridized carbons (Fsp3) is 0.167. The highest BCUT2D eigenvalue weighted by atomic mass is 79.9. The van der Waals surface area contributed by atoms with E-state index in [1.165, 1.54) is 4.68 Å². The van der Waals surface area contributed by atoms with Crippen LogP contribution in [0.15, 0.2) is 34.9 Å². The summed E-state index contributed by atoms with van der Waals surface area (Å²) < 4.78 is 7.54. The van der Waals surface area contributed by atoms with Gasteiger partial charge in [0, 0.05) is 4.47 Å². The summed E-state index contributed by atoms with van der Waals surface area (Å²) in [7, 11) is 0. The molecule has 1 aromatic heterocycles. The summed E-state index contributed by atoms with van der Waals surface area (Å²) in [5.41, 5.74) is -1.12. The predicted molar refractivity (Wildman–Crippen MR) is 75.5 cm³/mol. The molecule has 0 unspecified atom stereocenters. The van der Waals surface area contributed by atoms with Gasteiger partial charge in [0.25, 0.3) is 0 Å². The molecule has 0 radical (unpaired) electrons. The first-order valence-corrected chi connectivity index (χ1v) is 6.60. The van der Waals surface area contributed by atoms with Crippen molar-refractivity contribution < 1.29 is 19.6 Å². The van der Waals surface area contributed by atoms with E-state index in [2.05, 4.69) is 21.0 Å². The summed E-state index contributed by atoms with van der Waals surface area (Å²) in [5, 5.41) is 23.2. The highest BCUT2D eigenvalue weighted by Crippen LogP contribution is 2.18. The van der Waals surface area contributed by atoms with Gasteiger partial charge in [0.2, 0.25) is 5.69 Å². The molecule has 0 saturated heterocycles. The van der Waals surface area contributed by atoms with Crippen molar-refractivity contribution in [2.45, 2.75) is 6.54 Å². The summed E-state index contributed by atoms with van der Waals surface area (Å²) in [5.74, 6) is -0.799. The van der Waals surface area contributed by atoms with E-state index in [0.29, 0.717) is 5.75 Å². The van der Waals surface area contributed by atoms with Gasteiger partial charge < -0.3 is 9.84 Å².